The highest BCUT2D eigenvalue weighted by atomic mass is 16.5. The molecule has 0 aliphatic carbocycles. The molecule has 0 radical (unpaired) electrons. The van der Waals surface area contributed by atoms with Gasteiger partial charge in [0.2, 0.25) is 0 Å². The van der Waals surface area contributed by atoms with Crippen molar-refractivity contribution in [3.8, 4) is 23.3 Å². The van der Waals surface area contributed by atoms with Gasteiger partial charge in [0.25, 0.3) is 0 Å². The molecule has 0 aliphatic heterocycles. The van der Waals surface area contributed by atoms with Crippen molar-refractivity contribution in [2.75, 3.05) is 7.11 Å². The van der Waals surface area contributed by atoms with Gasteiger partial charge in [-0.2, -0.15) is 5.26 Å². The maximum Gasteiger partial charge on any atom is 0.169 e. The summed E-state index contributed by atoms with van der Waals surface area (Å²) in [5.74, 6) is 2.00. The molecule has 0 atom stereocenters. The summed E-state index contributed by atoms with van der Waals surface area (Å²) < 4.78 is 11.0. The first-order chi connectivity index (χ1) is 8.85. The number of ether oxygens (including phenoxy) is 2. The Labute approximate surface area is 106 Å². The summed E-state index contributed by atoms with van der Waals surface area (Å²) in [5, 5.41) is 8.78. The van der Waals surface area contributed by atoms with Crippen LogP contribution in [0.3, 0.4) is 0 Å². The van der Waals surface area contributed by atoms with Crippen molar-refractivity contribution in [3.05, 3.63) is 54.1 Å². The monoisotopic (exact) mass is 239 g/mol. The highest BCUT2D eigenvalue weighted by Crippen LogP contribution is 2.32. The topological polar surface area (TPSA) is 42.2 Å². The lowest BCUT2D eigenvalue weighted by atomic mass is 10.1. The van der Waals surface area contributed by atoms with E-state index in [2.05, 4.69) is 6.07 Å². The van der Waals surface area contributed by atoms with Gasteiger partial charge in [0.15, 0.2) is 11.5 Å². The molecule has 18 heavy (non-hydrogen) atoms. The van der Waals surface area contributed by atoms with Crippen molar-refractivity contribution >= 4 is 0 Å². The first-order valence-electron chi connectivity index (χ1n) is 5.61. The standard InChI is InChI=1S/C15H13NO2/c1-17-14-8-4-5-9-15(14)18-13-7-3-2-6-12(13)10-11-16/h2-9H,10H2,1H3. The highest BCUT2D eigenvalue weighted by Gasteiger charge is 2.07. The number of hydrogen-bond acceptors (Lipinski definition) is 3. The van der Waals surface area contributed by atoms with Crippen LogP contribution in [0.2, 0.25) is 0 Å². The minimum atomic E-state index is 0.325. The van der Waals surface area contributed by atoms with Gasteiger partial charge in [-0.1, -0.05) is 30.3 Å². The van der Waals surface area contributed by atoms with Gasteiger partial charge in [0.1, 0.15) is 5.75 Å². The summed E-state index contributed by atoms with van der Waals surface area (Å²) in [6.07, 6.45) is 0.325. The fraction of sp³-hybridized carbons (Fsp3) is 0.133. The molecule has 0 unspecified atom stereocenters. The van der Waals surface area contributed by atoms with E-state index in [0.717, 1.165) is 5.56 Å². The summed E-state index contributed by atoms with van der Waals surface area (Å²) in [6.45, 7) is 0. The van der Waals surface area contributed by atoms with E-state index in [4.69, 9.17) is 14.7 Å². The predicted molar refractivity (Wildman–Crippen MR) is 68.8 cm³/mol. The molecule has 90 valence electrons. The van der Waals surface area contributed by atoms with E-state index in [9.17, 15) is 0 Å². The van der Waals surface area contributed by atoms with Crippen molar-refractivity contribution in [2.24, 2.45) is 0 Å². The van der Waals surface area contributed by atoms with E-state index in [-0.39, 0.29) is 0 Å². The van der Waals surface area contributed by atoms with Gasteiger partial charge in [-0.15, -0.1) is 0 Å². The number of nitriles is 1. The fourth-order valence-corrected chi connectivity index (χ4v) is 1.66. The lowest BCUT2D eigenvalue weighted by Gasteiger charge is -2.12. The number of nitrogens with zero attached hydrogens (tertiary/aromatic N) is 1. The summed E-state index contributed by atoms with van der Waals surface area (Å²) >= 11 is 0. The molecular weight excluding hydrogens is 226 g/mol. The molecule has 0 N–H and O–H groups in total. The first kappa shape index (κ1) is 12.0. The Morgan fingerprint density at radius 1 is 0.944 bits per heavy atom. The van der Waals surface area contributed by atoms with E-state index in [1.807, 2.05) is 48.5 Å². The van der Waals surface area contributed by atoms with Crippen LogP contribution in [0.5, 0.6) is 17.2 Å². The van der Waals surface area contributed by atoms with Crippen LogP contribution in [-0.4, -0.2) is 7.11 Å². The van der Waals surface area contributed by atoms with Crippen molar-refractivity contribution in [2.45, 2.75) is 6.42 Å². The van der Waals surface area contributed by atoms with E-state index >= 15 is 0 Å². The zero-order chi connectivity index (χ0) is 12.8. The third kappa shape index (κ3) is 2.61. The van der Waals surface area contributed by atoms with Crippen LogP contribution >= 0.6 is 0 Å². The largest absolute Gasteiger partial charge is 0.493 e. The third-order valence-electron chi connectivity index (χ3n) is 2.53. The van der Waals surface area contributed by atoms with Gasteiger partial charge >= 0.3 is 0 Å². The van der Waals surface area contributed by atoms with E-state index in [1.54, 1.807) is 7.11 Å². The second-order valence-electron chi connectivity index (χ2n) is 3.70. The second kappa shape index (κ2) is 5.74. The first-order valence-corrected chi connectivity index (χ1v) is 5.61. The molecule has 3 heteroatoms. The van der Waals surface area contributed by atoms with Crippen LogP contribution in [0.1, 0.15) is 5.56 Å². The Morgan fingerprint density at radius 3 is 2.22 bits per heavy atom. The van der Waals surface area contributed by atoms with Crippen molar-refractivity contribution in [1.82, 2.24) is 0 Å². The summed E-state index contributed by atoms with van der Waals surface area (Å²) in [4.78, 5) is 0. The molecule has 0 saturated heterocycles. The van der Waals surface area contributed by atoms with Gasteiger partial charge in [0, 0.05) is 5.56 Å². The van der Waals surface area contributed by atoms with E-state index in [0.29, 0.717) is 23.7 Å². The fourth-order valence-electron chi connectivity index (χ4n) is 1.66. The quantitative estimate of drug-likeness (QED) is 0.819. The molecule has 0 heterocycles. The Bertz CT molecular complexity index is 573. The average Bonchev–Trinajstić information content (AvgIpc) is 2.42. The van der Waals surface area contributed by atoms with Crippen LogP contribution in [0, 0.1) is 11.3 Å². The smallest absolute Gasteiger partial charge is 0.169 e. The summed E-state index contributed by atoms with van der Waals surface area (Å²) in [6, 6.07) is 17.1. The van der Waals surface area contributed by atoms with E-state index in [1.165, 1.54) is 0 Å². The molecule has 0 fully saturated rings. The minimum absolute atomic E-state index is 0.325. The van der Waals surface area contributed by atoms with Crippen LogP contribution in [-0.2, 0) is 6.42 Å². The molecule has 2 rings (SSSR count). The zero-order valence-corrected chi connectivity index (χ0v) is 10.1. The predicted octanol–water partition coefficient (Wildman–Crippen LogP) is 3.55. The number of benzene rings is 2. The number of para-hydroxylation sites is 3. The Morgan fingerprint density at radius 2 is 1.56 bits per heavy atom. The Hall–Kier alpha value is -2.47. The van der Waals surface area contributed by atoms with Crippen molar-refractivity contribution in [1.29, 1.82) is 5.26 Å². The molecule has 3 nitrogen and oxygen atoms in total. The van der Waals surface area contributed by atoms with Gasteiger partial charge < -0.3 is 9.47 Å². The maximum atomic E-state index is 8.78. The van der Waals surface area contributed by atoms with Crippen LogP contribution in [0.15, 0.2) is 48.5 Å². The normalized spacial score (nSPS) is 9.56. The van der Waals surface area contributed by atoms with Crippen molar-refractivity contribution < 1.29 is 9.47 Å². The molecule has 0 saturated carbocycles. The lowest BCUT2D eigenvalue weighted by molar-refractivity contribution is 0.378. The molecule has 0 spiro atoms. The summed E-state index contributed by atoms with van der Waals surface area (Å²) in [5.41, 5.74) is 0.867. The second-order valence-corrected chi connectivity index (χ2v) is 3.70. The van der Waals surface area contributed by atoms with Crippen LogP contribution < -0.4 is 9.47 Å². The highest BCUT2D eigenvalue weighted by molar-refractivity contribution is 5.45. The number of methoxy groups -OCH3 is 1. The molecule has 0 amide bonds. The molecule has 2 aromatic carbocycles. The van der Waals surface area contributed by atoms with Gasteiger partial charge in [-0.25, -0.2) is 0 Å². The van der Waals surface area contributed by atoms with Gasteiger partial charge in [-0.3, -0.25) is 0 Å². The molecule has 0 aromatic heterocycles. The SMILES string of the molecule is COc1ccccc1Oc1ccccc1CC#N. The number of rotatable bonds is 4. The molecule has 0 bridgehead atoms. The van der Waals surface area contributed by atoms with Gasteiger partial charge in [0.05, 0.1) is 19.6 Å². The van der Waals surface area contributed by atoms with Crippen LogP contribution in [0.4, 0.5) is 0 Å². The third-order valence-corrected chi connectivity index (χ3v) is 2.53. The average molecular weight is 239 g/mol. The number of hydrogen-bond donors (Lipinski definition) is 0. The minimum Gasteiger partial charge on any atom is -0.493 e. The zero-order valence-electron chi connectivity index (χ0n) is 10.1. The van der Waals surface area contributed by atoms with Crippen molar-refractivity contribution in [3.63, 3.8) is 0 Å². The Kier molecular flexibility index (Phi) is 3.83. The lowest BCUT2D eigenvalue weighted by Crippen LogP contribution is -1.93. The summed E-state index contributed by atoms with van der Waals surface area (Å²) in [7, 11) is 1.60. The van der Waals surface area contributed by atoms with Gasteiger partial charge in [-0.05, 0) is 18.2 Å². The maximum absolute atomic E-state index is 8.78. The van der Waals surface area contributed by atoms with E-state index < -0.39 is 0 Å². The Balaban J connectivity index is 2.31. The molecule has 0 aliphatic rings. The molecule has 2 aromatic rings. The molecular formula is C15H13NO2. The van der Waals surface area contributed by atoms with Crippen LogP contribution in [0.25, 0.3) is 0 Å².